The molecule has 1 amide bonds. The minimum atomic E-state index is -0.121. The van der Waals surface area contributed by atoms with E-state index in [2.05, 4.69) is 24.5 Å². The maximum absolute atomic E-state index is 10.9. The summed E-state index contributed by atoms with van der Waals surface area (Å²) in [6, 6.07) is 5.52. The van der Waals surface area contributed by atoms with Crippen LogP contribution in [0.25, 0.3) is 0 Å². The number of anilines is 2. The van der Waals surface area contributed by atoms with Crippen LogP contribution in [0, 0.1) is 5.92 Å². The minimum Gasteiger partial charge on any atom is -0.385 e. The Hall–Kier alpha value is -1.22. The maximum Gasteiger partial charge on any atom is 0.221 e. The highest BCUT2D eigenvalue weighted by molar-refractivity contribution is 6.34. The first-order chi connectivity index (χ1) is 7.49. The summed E-state index contributed by atoms with van der Waals surface area (Å²) in [4.78, 5) is 10.9. The SMILES string of the molecule is CC(=O)Nc1ccc(NCC(C)C)cc1Cl. The predicted octanol–water partition coefficient (Wildman–Crippen LogP) is 3.37. The van der Waals surface area contributed by atoms with E-state index in [-0.39, 0.29) is 5.91 Å². The van der Waals surface area contributed by atoms with Crippen LogP contribution in [0.4, 0.5) is 11.4 Å². The first kappa shape index (κ1) is 12.8. The zero-order valence-corrected chi connectivity index (χ0v) is 10.6. The van der Waals surface area contributed by atoms with Crippen LogP contribution in [0.1, 0.15) is 20.8 Å². The number of carbonyl (C=O) groups excluding carboxylic acids is 1. The van der Waals surface area contributed by atoms with Crippen molar-refractivity contribution in [1.29, 1.82) is 0 Å². The zero-order chi connectivity index (χ0) is 12.1. The Morgan fingerprint density at radius 3 is 2.62 bits per heavy atom. The molecular formula is C12H17ClN2O. The molecule has 1 rings (SSSR count). The molecule has 0 aliphatic heterocycles. The van der Waals surface area contributed by atoms with Gasteiger partial charge >= 0.3 is 0 Å². The van der Waals surface area contributed by atoms with Gasteiger partial charge in [-0.05, 0) is 24.1 Å². The van der Waals surface area contributed by atoms with Gasteiger partial charge in [0.2, 0.25) is 5.91 Å². The number of carbonyl (C=O) groups is 1. The highest BCUT2D eigenvalue weighted by atomic mass is 35.5. The third-order valence-corrected chi connectivity index (χ3v) is 2.31. The van der Waals surface area contributed by atoms with Crippen molar-refractivity contribution in [3.05, 3.63) is 23.2 Å². The summed E-state index contributed by atoms with van der Waals surface area (Å²) in [6.45, 7) is 6.64. The summed E-state index contributed by atoms with van der Waals surface area (Å²) in [6.07, 6.45) is 0. The summed E-state index contributed by atoms with van der Waals surface area (Å²) in [5.74, 6) is 0.457. The van der Waals surface area contributed by atoms with Gasteiger partial charge in [-0.2, -0.15) is 0 Å². The van der Waals surface area contributed by atoms with Crippen molar-refractivity contribution < 1.29 is 4.79 Å². The topological polar surface area (TPSA) is 41.1 Å². The van der Waals surface area contributed by atoms with Crippen LogP contribution in [-0.2, 0) is 4.79 Å². The van der Waals surface area contributed by atoms with Gasteiger partial charge in [-0.1, -0.05) is 25.4 Å². The van der Waals surface area contributed by atoms with Gasteiger partial charge in [0.1, 0.15) is 0 Å². The second-order valence-corrected chi connectivity index (χ2v) is 4.56. The Kier molecular flexibility index (Phi) is 4.62. The van der Waals surface area contributed by atoms with E-state index >= 15 is 0 Å². The van der Waals surface area contributed by atoms with Crippen molar-refractivity contribution in [2.24, 2.45) is 5.92 Å². The van der Waals surface area contributed by atoms with E-state index in [4.69, 9.17) is 11.6 Å². The molecule has 2 N–H and O–H groups in total. The monoisotopic (exact) mass is 240 g/mol. The van der Waals surface area contributed by atoms with Crippen LogP contribution in [0.3, 0.4) is 0 Å². The third kappa shape index (κ3) is 4.11. The fourth-order valence-electron chi connectivity index (χ4n) is 1.24. The first-order valence-electron chi connectivity index (χ1n) is 5.30. The predicted molar refractivity (Wildman–Crippen MR) is 69.1 cm³/mol. The van der Waals surface area contributed by atoms with E-state index in [0.29, 0.717) is 16.6 Å². The largest absolute Gasteiger partial charge is 0.385 e. The van der Waals surface area contributed by atoms with E-state index in [9.17, 15) is 4.79 Å². The van der Waals surface area contributed by atoms with Crippen LogP contribution in [-0.4, -0.2) is 12.5 Å². The average Bonchev–Trinajstić information content (AvgIpc) is 2.18. The van der Waals surface area contributed by atoms with Gasteiger partial charge in [-0.3, -0.25) is 4.79 Å². The first-order valence-corrected chi connectivity index (χ1v) is 5.68. The molecule has 0 bridgehead atoms. The van der Waals surface area contributed by atoms with Crippen LogP contribution < -0.4 is 10.6 Å². The number of amides is 1. The average molecular weight is 241 g/mol. The molecule has 0 saturated heterocycles. The Morgan fingerprint density at radius 2 is 2.12 bits per heavy atom. The summed E-state index contributed by atoms with van der Waals surface area (Å²) >= 11 is 6.03. The molecule has 4 heteroatoms. The molecule has 16 heavy (non-hydrogen) atoms. The Bertz CT molecular complexity index is 377. The molecule has 0 fully saturated rings. The summed E-state index contributed by atoms with van der Waals surface area (Å²) in [5, 5.41) is 6.48. The molecule has 0 aromatic heterocycles. The Labute approximate surface area is 101 Å². The fourth-order valence-corrected chi connectivity index (χ4v) is 1.47. The Morgan fingerprint density at radius 1 is 1.44 bits per heavy atom. The molecular weight excluding hydrogens is 224 g/mol. The van der Waals surface area contributed by atoms with Crippen LogP contribution >= 0.6 is 11.6 Å². The van der Waals surface area contributed by atoms with Crippen molar-refractivity contribution >= 4 is 28.9 Å². The highest BCUT2D eigenvalue weighted by Gasteiger charge is 2.03. The lowest BCUT2D eigenvalue weighted by atomic mass is 10.2. The molecule has 0 heterocycles. The molecule has 0 spiro atoms. The standard InChI is InChI=1S/C12H17ClN2O/c1-8(2)7-14-10-4-5-12(11(13)6-10)15-9(3)16/h4-6,8,14H,7H2,1-3H3,(H,15,16). The van der Waals surface area contributed by atoms with Gasteiger partial charge in [0.05, 0.1) is 10.7 Å². The molecule has 1 aromatic rings. The molecule has 0 unspecified atom stereocenters. The molecule has 3 nitrogen and oxygen atoms in total. The van der Waals surface area contributed by atoms with Gasteiger partial charge in [0.25, 0.3) is 0 Å². The number of nitrogens with one attached hydrogen (secondary N) is 2. The molecule has 0 aliphatic carbocycles. The summed E-state index contributed by atoms with van der Waals surface area (Å²) < 4.78 is 0. The Balaban J connectivity index is 2.70. The second kappa shape index (κ2) is 5.75. The van der Waals surface area contributed by atoms with Crippen molar-refractivity contribution in [2.75, 3.05) is 17.2 Å². The van der Waals surface area contributed by atoms with E-state index in [0.717, 1.165) is 12.2 Å². The van der Waals surface area contributed by atoms with Gasteiger partial charge in [0, 0.05) is 19.2 Å². The van der Waals surface area contributed by atoms with Crippen molar-refractivity contribution in [1.82, 2.24) is 0 Å². The second-order valence-electron chi connectivity index (χ2n) is 4.15. The number of rotatable bonds is 4. The van der Waals surface area contributed by atoms with E-state index in [1.54, 1.807) is 6.07 Å². The molecule has 0 aliphatic rings. The molecule has 0 radical (unpaired) electrons. The number of benzene rings is 1. The van der Waals surface area contributed by atoms with Crippen molar-refractivity contribution in [2.45, 2.75) is 20.8 Å². The number of hydrogen-bond donors (Lipinski definition) is 2. The fraction of sp³-hybridized carbons (Fsp3) is 0.417. The van der Waals surface area contributed by atoms with E-state index < -0.39 is 0 Å². The van der Waals surface area contributed by atoms with Gasteiger partial charge in [-0.25, -0.2) is 0 Å². The van der Waals surface area contributed by atoms with Gasteiger partial charge < -0.3 is 10.6 Å². The highest BCUT2D eigenvalue weighted by Crippen LogP contribution is 2.25. The molecule has 1 aromatic carbocycles. The van der Waals surface area contributed by atoms with Gasteiger partial charge in [0.15, 0.2) is 0 Å². The van der Waals surface area contributed by atoms with Crippen LogP contribution in [0.5, 0.6) is 0 Å². The van der Waals surface area contributed by atoms with E-state index in [1.165, 1.54) is 6.92 Å². The zero-order valence-electron chi connectivity index (χ0n) is 9.80. The molecule has 88 valence electrons. The lowest BCUT2D eigenvalue weighted by Crippen LogP contribution is -2.09. The van der Waals surface area contributed by atoms with Gasteiger partial charge in [-0.15, -0.1) is 0 Å². The van der Waals surface area contributed by atoms with Crippen LogP contribution in [0.15, 0.2) is 18.2 Å². The third-order valence-electron chi connectivity index (χ3n) is 1.99. The quantitative estimate of drug-likeness (QED) is 0.847. The minimum absolute atomic E-state index is 0.121. The van der Waals surface area contributed by atoms with Crippen molar-refractivity contribution in [3.63, 3.8) is 0 Å². The smallest absolute Gasteiger partial charge is 0.221 e. The van der Waals surface area contributed by atoms with Crippen LogP contribution in [0.2, 0.25) is 5.02 Å². The maximum atomic E-state index is 10.9. The summed E-state index contributed by atoms with van der Waals surface area (Å²) in [7, 11) is 0. The lowest BCUT2D eigenvalue weighted by Gasteiger charge is -2.11. The normalized spacial score (nSPS) is 10.3. The summed E-state index contributed by atoms with van der Waals surface area (Å²) in [5.41, 5.74) is 1.61. The molecule has 0 saturated carbocycles. The number of halogens is 1. The molecule has 0 atom stereocenters. The van der Waals surface area contributed by atoms with E-state index in [1.807, 2.05) is 12.1 Å². The van der Waals surface area contributed by atoms with Crippen molar-refractivity contribution in [3.8, 4) is 0 Å². The number of hydrogen-bond acceptors (Lipinski definition) is 2. The lowest BCUT2D eigenvalue weighted by molar-refractivity contribution is -0.114.